The number of rotatable bonds is 4. The molecule has 1 aromatic heterocycles. The Kier molecular flexibility index (Phi) is 4.12. The van der Waals surface area contributed by atoms with Crippen LogP contribution in [0.4, 0.5) is 4.39 Å². The number of nitrogens with zero attached hydrogens (tertiary/aromatic N) is 3. The molecule has 0 saturated carbocycles. The largest absolute Gasteiger partial charge is 0.265 e. The third-order valence-corrected chi connectivity index (χ3v) is 2.69. The SMILES string of the molecule is CN=NC(Cc1ccncc1)c1ccc(F)cc1. The molecule has 92 valence electrons. The number of aromatic nitrogens is 1. The number of hydrogen-bond acceptors (Lipinski definition) is 3. The van der Waals surface area contributed by atoms with Crippen LogP contribution in [-0.2, 0) is 6.42 Å². The molecule has 3 nitrogen and oxygen atoms in total. The summed E-state index contributed by atoms with van der Waals surface area (Å²) in [6, 6.07) is 10.2. The zero-order valence-electron chi connectivity index (χ0n) is 10.1. The highest BCUT2D eigenvalue weighted by molar-refractivity contribution is 5.23. The second-order valence-electron chi connectivity index (χ2n) is 3.94. The lowest BCUT2D eigenvalue weighted by Gasteiger charge is -2.11. The minimum Gasteiger partial charge on any atom is -0.265 e. The fourth-order valence-electron chi connectivity index (χ4n) is 1.79. The fraction of sp³-hybridized carbons (Fsp3) is 0.214. The summed E-state index contributed by atoms with van der Waals surface area (Å²) < 4.78 is 12.9. The van der Waals surface area contributed by atoms with Crippen LogP contribution in [0.2, 0.25) is 0 Å². The summed E-state index contributed by atoms with van der Waals surface area (Å²) in [4.78, 5) is 3.98. The van der Waals surface area contributed by atoms with Gasteiger partial charge < -0.3 is 0 Å². The Morgan fingerprint density at radius 1 is 1.11 bits per heavy atom. The van der Waals surface area contributed by atoms with Gasteiger partial charge >= 0.3 is 0 Å². The van der Waals surface area contributed by atoms with Crippen molar-refractivity contribution in [3.05, 3.63) is 65.7 Å². The highest BCUT2D eigenvalue weighted by atomic mass is 19.1. The molecule has 18 heavy (non-hydrogen) atoms. The lowest BCUT2D eigenvalue weighted by atomic mass is 10.0. The molecule has 2 rings (SSSR count). The summed E-state index contributed by atoms with van der Waals surface area (Å²) in [6.45, 7) is 0. The van der Waals surface area contributed by atoms with E-state index in [-0.39, 0.29) is 11.9 Å². The van der Waals surface area contributed by atoms with Gasteiger partial charge in [-0.2, -0.15) is 10.2 Å². The normalized spacial score (nSPS) is 12.8. The summed E-state index contributed by atoms with van der Waals surface area (Å²) in [5.74, 6) is -0.241. The molecule has 0 amide bonds. The Bertz CT molecular complexity index is 508. The number of hydrogen-bond donors (Lipinski definition) is 0. The van der Waals surface area contributed by atoms with Crippen molar-refractivity contribution in [2.24, 2.45) is 10.2 Å². The van der Waals surface area contributed by atoms with Gasteiger partial charge in [-0.05, 0) is 35.4 Å². The maximum Gasteiger partial charge on any atom is 0.123 e. The van der Waals surface area contributed by atoms with Crippen molar-refractivity contribution in [1.29, 1.82) is 0 Å². The van der Waals surface area contributed by atoms with E-state index < -0.39 is 0 Å². The summed E-state index contributed by atoms with van der Waals surface area (Å²) >= 11 is 0. The van der Waals surface area contributed by atoms with Crippen molar-refractivity contribution in [3.63, 3.8) is 0 Å². The van der Waals surface area contributed by atoms with E-state index in [2.05, 4.69) is 15.2 Å². The molecule has 0 fully saturated rings. The average Bonchev–Trinajstić information content (AvgIpc) is 2.40. The zero-order chi connectivity index (χ0) is 12.8. The minimum atomic E-state index is -0.241. The van der Waals surface area contributed by atoms with E-state index in [9.17, 15) is 4.39 Å². The van der Waals surface area contributed by atoms with Gasteiger partial charge in [-0.1, -0.05) is 12.1 Å². The molecule has 0 aliphatic heterocycles. The molecule has 4 heteroatoms. The van der Waals surface area contributed by atoms with Gasteiger partial charge in [0.25, 0.3) is 0 Å². The van der Waals surface area contributed by atoms with Crippen LogP contribution < -0.4 is 0 Å². The molecule has 0 bridgehead atoms. The van der Waals surface area contributed by atoms with Crippen LogP contribution in [0, 0.1) is 5.82 Å². The van der Waals surface area contributed by atoms with Crippen LogP contribution in [0.3, 0.4) is 0 Å². The first kappa shape index (κ1) is 12.4. The molecule has 2 aromatic rings. The van der Waals surface area contributed by atoms with E-state index in [0.717, 1.165) is 17.5 Å². The number of benzene rings is 1. The Morgan fingerprint density at radius 3 is 2.39 bits per heavy atom. The molecular weight excluding hydrogens is 229 g/mol. The fourth-order valence-corrected chi connectivity index (χ4v) is 1.79. The molecule has 0 aliphatic carbocycles. The van der Waals surface area contributed by atoms with Crippen LogP contribution in [0.15, 0.2) is 59.0 Å². The maximum atomic E-state index is 12.9. The van der Waals surface area contributed by atoms with Gasteiger partial charge in [0.1, 0.15) is 5.82 Å². The Hall–Kier alpha value is -2.10. The van der Waals surface area contributed by atoms with Crippen LogP contribution in [0.5, 0.6) is 0 Å². The van der Waals surface area contributed by atoms with E-state index in [4.69, 9.17) is 0 Å². The highest BCUT2D eigenvalue weighted by Crippen LogP contribution is 2.22. The van der Waals surface area contributed by atoms with Gasteiger partial charge in [-0.25, -0.2) is 4.39 Å². The van der Waals surface area contributed by atoms with Gasteiger partial charge in [0, 0.05) is 25.9 Å². The predicted molar refractivity (Wildman–Crippen MR) is 67.9 cm³/mol. The second-order valence-corrected chi connectivity index (χ2v) is 3.94. The Balaban J connectivity index is 2.21. The lowest BCUT2D eigenvalue weighted by Crippen LogP contribution is -2.00. The first-order chi connectivity index (χ1) is 8.79. The van der Waals surface area contributed by atoms with Gasteiger partial charge in [-0.3, -0.25) is 4.98 Å². The van der Waals surface area contributed by atoms with E-state index in [1.807, 2.05) is 12.1 Å². The van der Waals surface area contributed by atoms with Crippen molar-refractivity contribution in [2.75, 3.05) is 7.05 Å². The highest BCUT2D eigenvalue weighted by Gasteiger charge is 2.11. The Morgan fingerprint density at radius 2 is 1.78 bits per heavy atom. The summed E-state index contributed by atoms with van der Waals surface area (Å²) in [5.41, 5.74) is 2.09. The molecule has 1 unspecified atom stereocenters. The second kappa shape index (κ2) is 6.00. The van der Waals surface area contributed by atoms with E-state index >= 15 is 0 Å². The number of azo groups is 1. The van der Waals surface area contributed by atoms with E-state index in [1.54, 1.807) is 31.6 Å². The lowest BCUT2D eigenvalue weighted by molar-refractivity contribution is 0.622. The molecule has 0 spiro atoms. The molecular formula is C14H14FN3. The summed E-state index contributed by atoms with van der Waals surface area (Å²) in [5, 5.41) is 8.05. The van der Waals surface area contributed by atoms with Gasteiger partial charge in [-0.15, -0.1) is 0 Å². The Labute approximate surface area is 105 Å². The zero-order valence-corrected chi connectivity index (χ0v) is 10.1. The first-order valence-electron chi connectivity index (χ1n) is 5.73. The molecule has 0 N–H and O–H groups in total. The van der Waals surface area contributed by atoms with Crippen LogP contribution in [0.25, 0.3) is 0 Å². The van der Waals surface area contributed by atoms with Crippen LogP contribution in [-0.4, -0.2) is 12.0 Å². The smallest absolute Gasteiger partial charge is 0.123 e. The van der Waals surface area contributed by atoms with Gasteiger partial charge in [0.15, 0.2) is 0 Å². The van der Waals surface area contributed by atoms with Crippen molar-refractivity contribution in [1.82, 2.24) is 4.98 Å². The summed E-state index contributed by atoms with van der Waals surface area (Å²) in [7, 11) is 1.64. The topological polar surface area (TPSA) is 37.6 Å². The van der Waals surface area contributed by atoms with E-state index in [0.29, 0.717) is 0 Å². The van der Waals surface area contributed by atoms with Crippen molar-refractivity contribution < 1.29 is 4.39 Å². The molecule has 0 aliphatic rings. The van der Waals surface area contributed by atoms with Gasteiger partial charge in [0.05, 0.1) is 6.04 Å². The van der Waals surface area contributed by atoms with Crippen molar-refractivity contribution in [2.45, 2.75) is 12.5 Å². The van der Waals surface area contributed by atoms with Crippen LogP contribution in [0.1, 0.15) is 17.2 Å². The number of halogens is 1. The average molecular weight is 243 g/mol. The molecule has 0 radical (unpaired) electrons. The molecule has 1 heterocycles. The third kappa shape index (κ3) is 3.20. The van der Waals surface area contributed by atoms with E-state index in [1.165, 1.54) is 12.1 Å². The van der Waals surface area contributed by atoms with Crippen molar-refractivity contribution in [3.8, 4) is 0 Å². The standard InChI is InChI=1S/C14H14FN3/c1-16-18-14(10-11-6-8-17-9-7-11)12-2-4-13(15)5-3-12/h2-9,14H,10H2,1H3. The van der Waals surface area contributed by atoms with Crippen LogP contribution >= 0.6 is 0 Å². The molecule has 0 saturated heterocycles. The quantitative estimate of drug-likeness (QED) is 0.756. The molecule has 1 aromatic carbocycles. The van der Waals surface area contributed by atoms with Gasteiger partial charge in [0.2, 0.25) is 0 Å². The minimum absolute atomic E-state index is 0.0852. The predicted octanol–water partition coefficient (Wildman–Crippen LogP) is 3.59. The first-order valence-corrected chi connectivity index (χ1v) is 5.73. The maximum absolute atomic E-state index is 12.9. The van der Waals surface area contributed by atoms with Crippen molar-refractivity contribution >= 4 is 0 Å². The third-order valence-electron chi connectivity index (χ3n) is 2.69. The number of pyridine rings is 1. The monoisotopic (exact) mass is 243 g/mol. The molecule has 1 atom stereocenters. The summed E-state index contributed by atoms with van der Waals surface area (Å²) in [6.07, 6.45) is 4.23.